The molecule has 0 spiro atoms. The van der Waals surface area contributed by atoms with Crippen LogP contribution in [0.3, 0.4) is 0 Å². The normalized spacial score (nSPS) is 31.8. The van der Waals surface area contributed by atoms with Crippen molar-refractivity contribution in [3.05, 3.63) is 0 Å². The van der Waals surface area contributed by atoms with Crippen molar-refractivity contribution in [3.63, 3.8) is 0 Å². The lowest BCUT2D eigenvalue weighted by Crippen LogP contribution is -2.49. The first-order chi connectivity index (χ1) is 8.99. The molecule has 2 N–H and O–H groups in total. The van der Waals surface area contributed by atoms with Crippen LogP contribution in [0.4, 0.5) is 0 Å². The van der Waals surface area contributed by atoms with Gasteiger partial charge in [0.15, 0.2) is 0 Å². The van der Waals surface area contributed by atoms with E-state index >= 15 is 0 Å². The Bertz CT molecular complexity index is 317. The van der Waals surface area contributed by atoms with E-state index < -0.39 is 0 Å². The number of carbonyl (C=O) groups excluding carboxylic acids is 1. The quantitative estimate of drug-likeness (QED) is 0.783. The van der Waals surface area contributed by atoms with Crippen LogP contribution >= 0.6 is 0 Å². The molecule has 1 amide bonds. The second kappa shape index (κ2) is 6.23. The number of hydrogen-bond donors (Lipinski definition) is 2. The molecule has 1 saturated carbocycles. The first-order valence-electron chi connectivity index (χ1n) is 7.66. The van der Waals surface area contributed by atoms with Gasteiger partial charge in [-0.2, -0.15) is 0 Å². The van der Waals surface area contributed by atoms with Crippen LogP contribution in [0.5, 0.6) is 0 Å². The Hall–Kier alpha value is -0.610. The topological polar surface area (TPSA) is 44.4 Å². The van der Waals surface area contributed by atoms with E-state index in [2.05, 4.69) is 29.4 Å². The van der Waals surface area contributed by atoms with Gasteiger partial charge < -0.3 is 10.6 Å². The Morgan fingerprint density at radius 2 is 2.05 bits per heavy atom. The summed E-state index contributed by atoms with van der Waals surface area (Å²) < 4.78 is 0. The van der Waals surface area contributed by atoms with Crippen LogP contribution in [-0.2, 0) is 4.79 Å². The van der Waals surface area contributed by atoms with Gasteiger partial charge in [-0.3, -0.25) is 9.69 Å². The van der Waals surface area contributed by atoms with Crippen LogP contribution in [-0.4, -0.2) is 50.1 Å². The fraction of sp³-hybridized carbons (Fsp3) is 0.933. The fourth-order valence-corrected chi connectivity index (χ4v) is 3.61. The lowest BCUT2D eigenvalue weighted by Gasteiger charge is -2.28. The summed E-state index contributed by atoms with van der Waals surface area (Å²) in [6.45, 7) is 6.57. The highest BCUT2D eigenvalue weighted by atomic mass is 16.2. The van der Waals surface area contributed by atoms with Gasteiger partial charge in [0.2, 0.25) is 5.91 Å². The van der Waals surface area contributed by atoms with E-state index in [4.69, 9.17) is 0 Å². The van der Waals surface area contributed by atoms with E-state index in [1.165, 1.54) is 6.42 Å². The van der Waals surface area contributed by atoms with E-state index in [1.54, 1.807) is 0 Å². The number of nitrogens with one attached hydrogen (secondary N) is 2. The van der Waals surface area contributed by atoms with Gasteiger partial charge in [-0.25, -0.2) is 0 Å². The third-order valence-corrected chi connectivity index (χ3v) is 4.71. The molecular formula is C15H29N3O. The van der Waals surface area contributed by atoms with Crippen LogP contribution in [0.1, 0.15) is 33.1 Å². The highest BCUT2D eigenvalue weighted by Crippen LogP contribution is 2.34. The fourth-order valence-electron chi connectivity index (χ4n) is 3.61. The number of hydrogen-bond acceptors (Lipinski definition) is 3. The second-order valence-corrected chi connectivity index (χ2v) is 6.88. The monoisotopic (exact) mass is 267 g/mol. The average Bonchev–Trinajstić information content (AvgIpc) is 2.90. The lowest BCUT2D eigenvalue weighted by atomic mass is 9.96. The van der Waals surface area contributed by atoms with Crippen molar-refractivity contribution in [1.29, 1.82) is 0 Å². The Balaban J connectivity index is 1.91. The molecule has 1 heterocycles. The maximum atomic E-state index is 12.5. The van der Waals surface area contributed by atoms with Gasteiger partial charge in [0, 0.05) is 12.6 Å². The molecule has 19 heavy (non-hydrogen) atoms. The highest BCUT2D eigenvalue weighted by molar-refractivity contribution is 5.82. The predicted octanol–water partition coefficient (Wildman–Crippen LogP) is 1.08. The average molecular weight is 267 g/mol. The SMILES string of the molecule is CC(C)C[C@@H](C(=O)N[C@@H]1CC[C@H]2CNC[C@H]21)N(C)C. The number of likely N-dealkylation sites (N-methyl/N-ethyl adjacent to an activating group) is 1. The maximum absolute atomic E-state index is 12.5. The van der Waals surface area contributed by atoms with Gasteiger partial charge in [0.05, 0.1) is 6.04 Å². The number of nitrogens with zero attached hydrogens (tertiary/aromatic N) is 1. The smallest absolute Gasteiger partial charge is 0.237 e. The van der Waals surface area contributed by atoms with E-state index in [9.17, 15) is 4.79 Å². The van der Waals surface area contributed by atoms with Gasteiger partial charge in [-0.05, 0) is 57.7 Å². The first kappa shape index (κ1) is 14.8. The van der Waals surface area contributed by atoms with Crippen molar-refractivity contribution < 1.29 is 4.79 Å². The van der Waals surface area contributed by atoms with Crippen molar-refractivity contribution >= 4 is 5.91 Å². The number of carbonyl (C=O) groups is 1. The molecule has 110 valence electrons. The Morgan fingerprint density at radius 1 is 1.32 bits per heavy atom. The van der Waals surface area contributed by atoms with Crippen molar-refractivity contribution in [3.8, 4) is 0 Å². The Labute approximate surface area is 117 Å². The zero-order valence-corrected chi connectivity index (χ0v) is 12.8. The van der Waals surface area contributed by atoms with Crippen molar-refractivity contribution in [1.82, 2.24) is 15.5 Å². The van der Waals surface area contributed by atoms with Gasteiger partial charge in [-0.15, -0.1) is 0 Å². The molecule has 1 saturated heterocycles. The van der Waals surface area contributed by atoms with Crippen LogP contribution in [0.25, 0.3) is 0 Å². The van der Waals surface area contributed by atoms with Gasteiger partial charge in [-0.1, -0.05) is 13.8 Å². The van der Waals surface area contributed by atoms with E-state index in [-0.39, 0.29) is 11.9 Å². The molecule has 0 bridgehead atoms. The highest BCUT2D eigenvalue weighted by Gasteiger charge is 2.40. The minimum atomic E-state index is 0.00779. The predicted molar refractivity (Wildman–Crippen MR) is 77.9 cm³/mol. The summed E-state index contributed by atoms with van der Waals surface area (Å²) in [6, 6.07) is 0.399. The third kappa shape index (κ3) is 3.48. The van der Waals surface area contributed by atoms with Crippen molar-refractivity contribution in [2.24, 2.45) is 17.8 Å². The molecule has 0 aromatic rings. The third-order valence-electron chi connectivity index (χ3n) is 4.71. The summed E-state index contributed by atoms with van der Waals surface area (Å²) in [5, 5.41) is 6.77. The molecule has 0 aromatic heterocycles. The van der Waals surface area contributed by atoms with Crippen LogP contribution in [0.15, 0.2) is 0 Å². The number of fused-ring (bicyclic) bond motifs is 1. The largest absolute Gasteiger partial charge is 0.352 e. The summed E-state index contributed by atoms with van der Waals surface area (Å²) >= 11 is 0. The van der Waals surface area contributed by atoms with Gasteiger partial charge in [0.1, 0.15) is 0 Å². The Kier molecular flexibility index (Phi) is 4.85. The molecule has 4 heteroatoms. The zero-order valence-electron chi connectivity index (χ0n) is 12.8. The van der Waals surface area contributed by atoms with Gasteiger partial charge in [0.25, 0.3) is 0 Å². The summed E-state index contributed by atoms with van der Waals surface area (Å²) in [7, 11) is 4.00. The number of amides is 1. The van der Waals surface area contributed by atoms with Crippen LogP contribution in [0, 0.1) is 17.8 Å². The first-order valence-corrected chi connectivity index (χ1v) is 7.66. The molecule has 1 aliphatic heterocycles. The molecule has 4 nitrogen and oxygen atoms in total. The maximum Gasteiger partial charge on any atom is 0.237 e. The molecule has 0 aromatic carbocycles. The molecule has 2 aliphatic rings. The van der Waals surface area contributed by atoms with Crippen molar-refractivity contribution in [2.75, 3.05) is 27.2 Å². The van der Waals surface area contributed by atoms with Crippen LogP contribution < -0.4 is 10.6 Å². The van der Waals surface area contributed by atoms with Crippen LogP contribution in [0.2, 0.25) is 0 Å². The molecule has 2 fully saturated rings. The summed E-state index contributed by atoms with van der Waals surface area (Å²) in [4.78, 5) is 14.5. The van der Waals surface area contributed by atoms with Gasteiger partial charge >= 0.3 is 0 Å². The summed E-state index contributed by atoms with van der Waals surface area (Å²) in [5.74, 6) is 2.21. The summed E-state index contributed by atoms with van der Waals surface area (Å²) in [6.07, 6.45) is 3.35. The molecule has 1 aliphatic carbocycles. The standard InChI is InChI=1S/C15H29N3O/c1-10(2)7-14(18(3)4)15(19)17-13-6-5-11-8-16-9-12(11)13/h10-14,16H,5-9H2,1-4H3,(H,17,19)/t11-,12+,13+,14-/m0/s1. The lowest BCUT2D eigenvalue weighted by molar-refractivity contribution is -0.127. The van der Waals surface area contributed by atoms with E-state index in [0.717, 1.165) is 31.8 Å². The van der Waals surface area contributed by atoms with Crippen molar-refractivity contribution in [2.45, 2.75) is 45.2 Å². The summed E-state index contributed by atoms with van der Waals surface area (Å²) in [5.41, 5.74) is 0. The molecule has 2 rings (SSSR count). The molecular weight excluding hydrogens is 238 g/mol. The molecule has 0 unspecified atom stereocenters. The molecule has 0 radical (unpaired) electrons. The van der Waals surface area contributed by atoms with E-state index in [0.29, 0.717) is 17.9 Å². The second-order valence-electron chi connectivity index (χ2n) is 6.88. The van der Waals surface area contributed by atoms with E-state index in [1.807, 2.05) is 14.1 Å². The molecule has 4 atom stereocenters. The number of rotatable bonds is 5. The Morgan fingerprint density at radius 3 is 2.68 bits per heavy atom. The zero-order chi connectivity index (χ0) is 14.0. The minimum Gasteiger partial charge on any atom is -0.352 e. The minimum absolute atomic E-state index is 0.00779.